The number of ether oxygens (including phenoxy) is 3. The molecule has 0 aliphatic carbocycles. The summed E-state index contributed by atoms with van der Waals surface area (Å²) in [7, 11) is 1.34. The number of nitrogens with one attached hydrogen (secondary N) is 1. The van der Waals surface area contributed by atoms with Crippen molar-refractivity contribution in [2.24, 2.45) is 11.3 Å². The van der Waals surface area contributed by atoms with Crippen molar-refractivity contribution in [1.82, 2.24) is 10.3 Å². The average molecular weight is 559 g/mol. The zero-order valence-corrected chi connectivity index (χ0v) is 21.9. The van der Waals surface area contributed by atoms with E-state index in [9.17, 15) is 18.0 Å². The first-order valence-electron chi connectivity index (χ1n) is 11.3. The maximum absolute atomic E-state index is 13.3. The number of alkyl halides is 3. The Morgan fingerprint density at radius 3 is 2.46 bits per heavy atom. The van der Waals surface area contributed by atoms with Crippen LogP contribution in [0.25, 0.3) is 0 Å². The van der Waals surface area contributed by atoms with Gasteiger partial charge in [0, 0.05) is 22.2 Å². The zero-order chi connectivity index (χ0) is 26.0. The lowest BCUT2D eigenvalue weighted by molar-refractivity contribution is -0.148. The molecule has 4 atom stereocenters. The van der Waals surface area contributed by atoms with Crippen molar-refractivity contribution in [1.29, 1.82) is 0 Å². The van der Waals surface area contributed by atoms with E-state index in [-0.39, 0.29) is 30.6 Å². The summed E-state index contributed by atoms with van der Waals surface area (Å²) in [5, 5.41) is 3.38. The van der Waals surface area contributed by atoms with Gasteiger partial charge in [0.2, 0.25) is 5.88 Å². The van der Waals surface area contributed by atoms with Gasteiger partial charge in [-0.3, -0.25) is 10.1 Å². The number of methoxy groups -OCH3 is 1. The van der Waals surface area contributed by atoms with E-state index in [0.29, 0.717) is 0 Å². The van der Waals surface area contributed by atoms with Crippen LogP contribution in [0.5, 0.6) is 5.88 Å². The number of carbonyl (C=O) groups is 1. The summed E-state index contributed by atoms with van der Waals surface area (Å²) in [6.07, 6.45) is -4.39. The molecule has 10 heteroatoms. The van der Waals surface area contributed by atoms with E-state index in [0.717, 1.165) is 22.3 Å². The normalized spacial score (nSPS) is 22.8. The minimum atomic E-state index is -4.55. The van der Waals surface area contributed by atoms with Crippen molar-refractivity contribution in [2.75, 3.05) is 13.7 Å². The third-order valence-corrected chi connectivity index (χ3v) is 6.78. The van der Waals surface area contributed by atoms with Crippen molar-refractivity contribution in [3.05, 3.63) is 57.7 Å². The highest BCUT2D eigenvalue weighted by molar-refractivity contribution is 9.10. The van der Waals surface area contributed by atoms with Gasteiger partial charge in [-0.2, -0.15) is 13.2 Å². The number of hydrogen-bond acceptors (Lipinski definition) is 6. The topological polar surface area (TPSA) is 69.7 Å². The van der Waals surface area contributed by atoms with Crippen LogP contribution in [0.15, 0.2) is 41.0 Å². The molecule has 192 valence electrons. The summed E-state index contributed by atoms with van der Waals surface area (Å²) >= 11 is 3.58. The van der Waals surface area contributed by atoms with Crippen LogP contribution in [0, 0.1) is 11.3 Å². The predicted octanol–water partition coefficient (Wildman–Crippen LogP) is 5.70. The van der Waals surface area contributed by atoms with Gasteiger partial charge in [0.05, 0.1) is 38.0 Å². The molecule has 0 radical (unpaired) electrons. The summed E-state index contributed by atoms with van der Waals surface area (Å²) in [6.45, 7) is 7.77. The predicted molar refractivity (Wildman–Crippen MR) is 128 cm³/mol. The molecule has 3 rings (SSSR count). The molecule has 1 aromatic carbocycles. The Morgan fingerprint density at radius 1 is 1.20 bits per heavy atom. The van der Waals surface area contributed by atoms with Gasteiger partial charge in [-0.1, -0.05) is 54.9 Å². The summed E-state index contributed by atoms with van der Waals surface area (Å²) in [4.78, 5) is 16.7. The monoisotopic (exact) mass is 558 g/mol. The quantitative estimate of drug-likeness (QED) is 0.440. The Bertz CT molecular complexity index is 1040. The van der Waals surface area contributed by atoms with Crippen molar-refractivity contribution < 1.29 is 32.2 Å². The van der Waals surface area contributed by atoms with Crippen LogP contribution < -0.4 is 10.1 Å². The number of nitrogens with zero attached hydrogens (tertiary/aromatic N) is 1. The number of carbonyl (C=O) groups excluding carboxylic acids is 1. The molecule has 0 saturated carbocycles. The lowest BCUT2D eigenvalue weighted by Gasteiger charge is -2.35. The fourth-order valence-electron chi connectivity index (χ4n) is 4.55. The molecule has 1 aliphatic rings. The lowest BCUT2D eigenvalue weighted by Crippen LogP contribution is -2.44. The molecule has 1 aliphatic heterocycles. The summed E-state index contributed by atoms with van der Waals surface area (Å²) in [6, 6.07) is 7.45. The van der Waals surface area contributed by atoms with Crippen molar-refractivity contribution >= 4 is 21.9 Å². The molecule has 1 N–H and O–H groups in total. The van der Waals surface area contributed by atoms with E-state index < -0.39 is 41.3 Å². The van der Waals surface area contributed by atoms with E-state index >= 15 is 0 Å². The first-order valence-corrected chi connectivity index (χ1v) is 12.1. The van der Waals surface area contributed by atoms with Crippen LogP contribution in [0.2, 0.25) is 0 Å². The Hall–Kier alpha value is -2.17. The number of benzene rings is 1. The van der Waals surface area contributed by atoms with Gasteiger partial charge in [-0.15, -0.1) is 0 Å². The second-order valence-electron chi connectivity index (χ2n) is 9.45. The first kappa shape index (κ1) is 27.4. The van der Waals surface area contributed by atoms with Crippen molar-refractivity contribution in [3.8, 4) is 5.88 Å². The lowest BCUT2D eigenvalue weighted by atomic mass is 9.73. The second kappa shape index (κ2) is 10.8. The minimum Gasteiger partial charge on any atom is -0.481 e. The van der Waals surface area contributed by atoms with Gasteiger partial charge in [-0.05, 0) is 30.0 Å². The maximum atomic E-state index is 13.3. The fraction of sp³-hybridized carbons (Fsp3) is 0.520. The zero-order valence-electron chi connectivity index (χ0n) is 20.3. The highest BCUT2D eigenvalue weighted by atomic mass is 79.9. The molecular formula is C25H30BrF3N2O4. The Morgan fingerprint density at radius 2 is 1.89 bits per heavy atom. The standard InChI is InChI=1S/C25H30BrF3N2O4/c1-6-34-23(32)20-18(24(2,3)4)21(19(31-20)16-9-7-8-10-17(16)26)35-13-14-11-15(25(27,28)29)12-30-22(14)33-5/h7-12,18-21,31H,6,13H2,1-5H3/t18-,19+,20+,21-/m1/s1. The molecule has 35 heavy (non-hydrogen) atoms. The number of esters is 1. The van der Waals surface area contributed by atoms with Crippen LogP contribution >= 0.6 is 15.9 Å². The molecule has 0 spiro atoms. The van der Waals surface area contributed by atoms with Gasteiger partial charge in [-0.25, -0.2) is 4.98 Å². The highest BCUT2D eigenvalue weighted by Crippen LogP contribution is 2.46. The van der Waals surface area contributed by atoms with Gasteiger partial charge in [0.15, 0.2) is 0 Å². The fourth-order valence-corrected chi connectivity index (χ4v) is 5.08. The van der Waals surface area contributed by atoms with Gasteiger partial charge >= 0.3 is 12.1 Å². The van der Waals surface area contributed by atoms with Crippen LogP contribution in [0.4, 0.5) is 13.2 Å². The number of halogens is 4. The van der Waals surface area contributed by atoms with E-state index in [2.05, 4.69) is 26.2 Å². The molecule has 1 fully saturated rings. The molecular weight excluding hydrogens is 529 g/mol. The molecule has 2 aromatic rings. The number of rotatable bonds is 7. The number of pyridine rings is 1. The molecule has 0 unspecified atom stereocenters. The van der Waals surface area contributed by atoms with E-state index in [4.69, 9.17) is 14.2 Å². The van der Waals surface area contributed by atoms with Crippen molar-refractivity contribution in [3.63, 3.8) is 0 Å². The van der Waals surface area contributed by atoms with Gasteiger partial charge < -0.3 is 14.2 Å². The highest BCUT2D eigenvalue weighted by Gasteiger charge is 2.53. The smallest absolute Gasteiger partial charge is 0.417 e. The molecule has 1 saturated heterocycles. The Labute approximate surface area is 211 Å². The van der Waals surface area contributed by atoms with Crippen LogP contribution in [-0.4, -0.2) is 36.8 Å². The molecule has 2 heterocycles. The largest absolute Gasteiger partial charge is 0.481 e. The van der Waals surface area contributed by atoms with E-state index in [1.54, 1.807) is 6.92 Å². The Kier molecular flexibility index (Phi) is 8.49. The average Bonchev–Trinajstić information content (AvgIpc) is 3.17. The summed E-state index contributed by atoms with van der Waals surface area (Å²) in [5.41, 5.74) is -0.255. The first-order chi connectivity index (χ1) is 16.4. The van der Waals surface area contributed by atoms with Crippen LogP contribution in [-0.2, 0) is 27.1 Å². The van der Waals surface area contributed by atoms with E-state index in [1.165, 1.54) is 7.11 Å². The number of aromatic nitrogens is 1. The molecule has 6 nitrogen and oxygen atoms in total. The summed E-state index contributed by atoms with van der Waals surface area (Å²) < 4.78 is 57.6. The van der Waals surface area contributed by atoms with E-state index in [1.807, 2.05) is 45.0 Å². The Balaban J connectivity index is 2.02. The van der Waals surface area contributed by atoms with Crippen molar-refractivity contribution in [2.45, 2.75) is 58.7 Å². The third-order valence-electron chi connectivity index (χ3n) is 6.06. The van der Waals surface area contributed by atoms with Gasteiger partial charge in [0.1, 0.15) is 6.04 Å². The second-order valence-corrected chi connectivity index (χ2v) is 10.3. The molecule has 1 aromatic heterocycles. The molecule has 0 bridgehead atoms. The third kappa shape index (κ3) is 6.16. The van der Waals surface area contributed by atoms with Crippen LogP contribution in [0.3, 0.4) is 0 Å². The summed E-state index contributed by atoms with van der Waals surface area (Å²) in [5.74, 6) is -0.687. The molecule has 0 amide bonds. The van der Waals surface area contributed by atoms with Gasteiger partial charge in [0.25, 0.3) is 0 Å². The maximum Gasteiger partial charge on any atom is 0.417 e. The minimum absolute atomic E-state index is 0.0515. The number of hydrogen-bond donors (Lipinski definition) is 1. The van der Waals surface area contributed by atoms with Crippen LogP contribution in [0.1, 0.15) is 50.4 Å². The SMILES string of the molecule is CCOC(=O)[C@H]1N[C@@H](c2ccccc2Br)[C@H](OCc2cc(C(F)(F)F)cnc2OC)[C@@H]1C(C)(C)C.